The number of hydrogen-bond acceptors (Lipinski definition) is 3. The average Bonchev–Trinajstić information content (AvgIpc) is 1.69. The van der Waals surface area contributed by atoms with Crippen LogP contribution in [0.2, 0.25) is 0 Å². The molecule has 1 unspecified atom stereocenters. The van der Waals surface area contributed by atoms with Crippen LogP contribution in [-0.4, -0.2) is 14.3 Å². The van der Waals surface area contributed by atoms with Crippen LogP contribution in [0.5, 0.6) is 0 Å². The van der Waals surface area contributed by atoms with E-state index in [1.54, 1.807) is 8.05 Å². The third-order valence-corrected chi connectivity index (χ3v) is 1.09. The van der Waals surface area contributed by atoms with E-state index in [1.165, 1.54) is 0 Å². The topological polar surface area (TPSA) is 18.5 Å². The molecule has 0 fully saturated rings. The lowest BCUT2D eigenvalue weighted by Crippen LogP contribution is -2.18. The molecule has 0 spiro atoms. The van der Waals surface area contributed by atoms with Gasteiger partial charge in [-0.05, 0) is 12.9 Å². The minimum absolute atomic E-state index is 0.182. The molecule has 0 aliphatic heterocycles. The Morgan fingerprint density at radius 2 is 2.00 bits per heavy atom. The van der Waals surface area contributed by atoms with E-state index in [0.717, 1.165) is 0 Å². The van der Waals surface area contributed by atoms with Crippen molar-refractivity contribution < 1.29 is 8.84 Å². The molecule has 0 saturated carbocycles. The molecule has 0 aromatic rings. The highest BCUT2D eigenvalue weighted by Crippen LogP contribution is 2.07. The molecule has 0 aromatic heterocycles. The van der Waals surface area contributed by atoms with Gasteiger partial charge in [0.25, 0.3) is 8.05 Å². The third-order valence-electron chi connectivity index (χ3n) is 0.881. The van der Waals surface area contributed by atoms with Gasteiger partial charge in [0.1, 0.15) is 0 Å². The van der Waals surface area contributed by atoms with E-state index in [9.17, 15) is 0 Å². The average molecular weight is 134 g/mol. The molecule has 0 rings (SSSR count). The zero-order valence-corrected chi connectivity index (χ0v) is 6.31. The Hall–Kier alpha value is 0.335. The van der Waals surface area contributed by atoms with Gasteiger partial charge in [-0.25, -0.2) is 0 Å². The SMILES string of the molecule is BOC(OS)C(C)C. The maximum atomic E-state index is 4.86. The second-order valence-corrected chi connectivity index (χ2v) is 2.16. The number of thiol groups is 1. The van der Waals surface area contributed by atoms with E-state index in [4.69, 9.17) is 4.65 Å². The van der Waals surface area contributed by atoms with Crippen molar-refractivity contribution in [1.82, 2.24) is 0 Å². The molecule has 0 radical (unpaired) electrons. The Labute approximate surface area is 56.6 Å². The second-order valence-electron chi connectivity index (χ2n) is 1.95. The molecule has 0 aromatic carbocycles. The number of hydrogen-bond donors (Lipinski definition) is 1. The first-order chi connectivity index (χ1) is 3.72. The fourth-order valence-electron chi connectivity index (χ4n) is 0.437. The lowest BCUT2D eigenvalue weighted by atomic mass is 10.2. The van der Waals surface area contributed by atoms with E-state index < -0.39 is 0 Å². The molecule has 0 aliphatic carbocycles. The summed E-state index contributed by atoms with van der Waals surface area (Å²) in [4.78, 5) is 0. The minimum Gasteiger partial charge on any atom is -0.420 e. The van der Waals surface area contributed by atoms with Crippen LogP contribution in [0.15, 0.2) is 0 Å². The Morgan fingerprint density at radius 1 is 1.50 bits per heavy atom. The van der Waals surface area contributed by atoms with Gasteiger partial charge in [0.05, 0.1) is 0 Å². The quantitative estimate of drug-likeness (QED) is 0.260. The second kappa shape index (κ2) is 4.24. The van der Waals surface area contributed by atoms with E-state index in [1.807, 2.05) is 13.8 Å². The summed E-state index contributed by atoms with van der Waals surface area (Å²) in [5, 5.41) is 0. The Bertz CT molecular complexity index is 56.0. The minimum atomic E-state index is -0.182. The predicted molar refractivity (Wildman–Crippen MR) is 38.3 cm³/mol. The summed E-state index contributed by atoms with van der Waals surface area (Å²) in [5.74, 6) is 0.359. The van der Waals surface area contributed by atoms with Gasteiger partial charge >= 0.3 is 0 Å². The molecule has 2 nitrogen and oxygen atoms in total. The van der Waals surface area contributed by atoms with Crippen molar-refractivity contribution in [3.05, 3.63) is 0 Å². The Kier molecular flexibility index (Phi) is 4.41. The molecule has 0 aliphatic rings. The molecule has 0 N–H and O–H groups in total. The van der Waals surface area contributed by atoms with Gasteiger partial charge in [-0.15, -0.1) is 0 Å². The predicted octanol–water partition coefficient (Wildman–Crippen LogP) is 0.395. The summed E-state index contributed by atoms with van der Waals surface area (Å²) in [7, 11) is 1.60. The first-order valence-electron chi connectivity index (χ1n) is 2.55. The van der Waals surface area contributed by atoms with Crippen LogP contribution in [-0.2, 0) is 8.84 Å². The fraction of sp³-hybridized carbons (Fsp3) is 1.00. The normalized spacial score (nSPS) is 14.5. The van der Waals surface area contributed by atoms with Crippen LogP contribution < -0.4 is 0 Å². The zero-order chi connectivity index (χ0) is 6.57. The smallest absolute Gasteiger partial charge is 0.260 e. The molecule has 0 amide bonds. The van der Waals surface area contributed by atoms with Gasteiger partial charge < -0.3 is 4.65 Å². The maximum absolute atomic E-state index is 4.86. The summed E-state index contributed by atoms with van der Waals surface area (Å²) in [5.41, 5.74) is 0. The molecule has 8 heavy (non-hydrogen) atoms. The summed E-state index contributed by atoms with van der Waals surface area (Å²) in [6.07, 6.45) is -0.182. The van der Waals surface area contributed by atoms with Crippen LogP contribution in [0.1, 0.15) is 13.8 Å². The summed E-state index contributed by atoms with van der Waals surface area (Å²) < 4.78 is 9.50. The molecule has 0 saturated heterocycles. The molecule has 4 heteroatoms. The van der Waals surface area contributed by atoms with Crippen LogP contribution in [0.3, 0.4) is 0 Å². The van der Waals surface area contributed by atoms with Crippen LogP contribution >= 0.6 is 12.9 Å². The number of rotatable bonds is 3. The van der Waals surface area contributed by atoms with Crippen LogP contribution in [0.25, 0.3) is 0 Å². The van der Waals surface area contributed by atoms with Gasteiger partial charge in [-0.3, -0.25) is 4.18 Å². The van der Waals surface area contributed by atoms with Crippen LogP contribution in [0.4, 0.5) is 0 Å². The third kappa shape index (κ3) is 2.60. The molecule has 48 valence electrons. The Balaban J connectivity index is 3.35. The van der Waals surface area contributed by atoms with Crippen molar-refractivity contribution >= 4 is 21.0 Å². The monoisotopic (exact) mass is 134 g/mol. The van der Waals surface area contributed by atoms with Gasteiger partial charge in [0, 0.05) is 5.92 Å². The highest BCUT2D eigenvalue weighted by atomic mass is 32.1. The van der Waals surface area contributed by atoms with E-state index in [0.29, 0.717) is 5.92 Å². The zero-order valence-electron chi connectivity index (χ0n) is 5.42. The molecule has 0 bridgehead atoms. The molecule has 1 atom stereocenters. The summed E-state index contributed by atoms with van der Waals surface area (Å²) in [6.45, 7) is 4.01. The lowest BCUT2D eigenvalue weighted by molar-refractivity contribution is -0.00617. The van der Waals surface area contributed by atoms with Crippen molar-refractivity contribution in [2.75, 3.05) is 0 Å². The maximum Gasteiger partial charge on any atom is 0.260 e. The van der Waals surface area contributed by atoms with E-state index in [-0.39, 0.29) is 6.29 Å². The highest BCUT2D eigenvalue weighted by molar-refractivity contribution is 7.75. The molecular weight excluding hydrogens is 123 g/mol. The van der Waals surface area contributed by atoms with E-state index >= 15 is 0 Å². The largest absolute Gasteiger partial charge is 0.420 e. The van der Waals surface area contributed by atoms with Gasteiger partial charge in [0.15, 0.2) is 6.29 Å². The summed E-state index contributed by atoms with van der Waals surface area (Å²) in [6, 6.07) is 0. The summed E-state index contributed by atoms with van der Waals surface area (Å²) >= 11 is 3.61. The van der Waals surface area contributed by atoms with Gasteiger partial charge in [-0.1, -0.05) is 13.8 Å². The standard InChI is InChI=1S/C4H11BO2S/c1-3(2)4(6-5)7-8/h3-4,8H,5H2,1-2H3. The van der Waals surface area contributed by atoms with Crippen molar-refractivity contribution in [1.29, 1.82) is 0 Å². The van der Waals surface area contributed by atoms with Crippen molar-refractivity contribution in [3.8, 4) is 0 Å². The lowest BCUT2D eigenvalue weighted by Gasteiger charge is -2.15. The highest BCUT2D eigenvalue weighted by Gasteiger charge is 2.08. The Morgan fingerprint density at radius 3 is 2.00 bits per heavy atom. The van der Waals surface area contributed by atoms with Crippen LogP contribution in [0, 0.1) is 5.92 Å². The first-order valence-corrected chi connectivity index (χ1v) is 2.92. The van der Waals surface area contributed by atoms with Crippen molar-refractivity contribution in [2.45, 2.75) is 20.1 Å². The molecular formula is C4H11BO2S. The van der Waals surface area contributed by atoms with Crippen molar-refractivity contribution in [3.63, 3.8) is 0 Å². The first kappa shape index (κ1) is 8.33. The van der Waals surface area contributed by atoms with Gasteiger partial charge in [-0.2, -0.15) is 0 Å². The fourth-order valence-corrected chi connectivity index (χ4v) is 0.766. The van der Waals surface area contributed by atoms with Crippen molar-refractivity contribution in [2.24, 2.45) is 5.92 Å². The van der Waals surface area contributed by atoms with E-state index in [2.05, 4.69) is 17.1 Å². The molecule has 0 heterocycles. The van der Waals surface area contributed by atoms with Gasteiger partial charge in [0.2, 0.25) is 0 Å².